The third kappa shape index (κ3) is 1.97. The van der Waals surface area contributed by atoms with Crippen LogP contribution in [0, 0.1) is 10.1 Å². The number of nitro benzene ring substituents is 1. The highest BCUT2D eigenvalue weighted by Gasteiger charge is 2.25. The van der Waals surface area contributed by atoms with Gasteiger partial charge in [-0.3, -0.25) is 14.9 Å². The number of benzene rings is 1. The maximum atomic E-state index is 10.8. The van der Waals surface area contributed by atoms with Gasteiger partial charge in [-0.15, -0.1) is 0 Å². The Hall–Kier alpha value is -2.44. The smallest absolute Gasteiger partial charge is 0.346 e. The van der Waals surface area contributed by atoms with Crippen molar-refractivity contribution in [2.45, 2.75) is 0 Å². The van der Waals surface area contributed by atoms with Crippen LogP contribution >= 0.6 is 0 Å². The van der Waals surface area contributed by atoms with Crippen molar-refractivity contribution in [3.63, 3.8) is 0 Å². The fourth-order valence-corrected chi connectivity index (χ4v) is 1.21. The van der Waals surface area contributed by atoms with Crippen molar-refractivity contribution in [3.8, 4) is 5.75 Å². The van der Waals surface area contributed by atoms with Gasteiger partial charge in [-0.1, -0.05) is 0 Å². The molecule has 0 fully saturated rings. The van der Waals surface area contributed by atoms with Crippen LogP contribution in [0.4, 0.5) is 5.69 Å². The van der Waals surface area contributed by atoms with E-state index < -0.39 is 22.1 Å². The maximum absolute atomic E-state index is 10.8. The summed E-state index contributed by atoms with van der Waals surface area (Å²) in [4.78, 5) is 31.1. The summed E-state index contributed by atoms with van der Waals surface area (Å²) in [6.45, 7) is 0. The molecule has 1 aromatic carbocycles. The van der Waals surface area contributed by atoms with E-state index in [-0.39, 0.29) is 11.3 Å². The monoisotopic (exact) mass is 225 g/mol. The molecule has 0 spiro atoms. The minimum absolute atomic E-state index is 0.0199. The summed E-state index contributed by atoms with van der Waals surface area (Å²) in [6.07, 6.45) is 0.376. The molecule has 0 aliphatic heterocycles. The Morgan fingerprint density at radius 3 is 2.56 bits per heavy atom. The average molecular weight is 225 g/mol. The van der Waals surface area contributed by atoms with E-state index in [9.17, 15) is 19.7 Å². The van der Waals surface area contributed by atoms with Gasteiger partial charge in [-0.25, -0.2) is 4.79 Å². The van der Waals surface area contributed by atoms with E-state index in [2.05, 4.69) is 0 Å². The first kappa shape index (κ1) is 11.6. The van der Waals surface area contributed by atoms with E-state index in [1.807, 2.05) is 0 Å². The molecule has 1 aromatic rings. The second-order valence-corrected chi connectivity index (χ2v) is 2.80. The fraction of sp³-hybridized carbons (Fsp3) is 0.111. The number of ether oxygens (including phenoxy) is 1. The molecule has 84 valence electrons. The van der Waals surface area contributed by atoms with Gasteiger partial charge < -0.3 is 9.84 Å². The number of hydrogen-bond acceptors (Lipinski definition) is 5. The van der Waals surface area contributed by atoms with Crippen LogP contribution in [0.3, 0.4) is 0 Å². The molecule has 0 aliphatic rings. The fourth-order valence-electron chi connectivity index (χ4n) is 1.21. The number of nitrogens with zero attached hydrogens (tertiary/aromatic N) is 1. The van der Waals surface area contributed by atoms with Crippen LogP contribution < -0.4 is 4.74 Å². The zero-order valence-corrected chi connectivity index (χ0v) is 8.17. The minimum atomic E-state index is -1.49. The summed E-state index contributed by atoms with van der Waals surface area (Å²) >= 11 is 0. The average Bonchev–Trinajstić information content (AvgIpc) is 2.26. The van der Waals surface area contributed by atoms with Crippen LogP contribution in [0.25, 0.3) is 0 Å². The zero-order valence-electron chi connectivity index (χ0n) is 8.17. The number of aromatic carboxylic acids is 1. The number of nitro groups is 1. The first-order chi connectivity index (χ1) is 7.51. The number of carbonyl (C=O) groups excluding carboxylic acids is 1. The number of carboxylic acid groups (broad SMARTS) is 1. The molecule has 0 aromatic heterocycles. The molecule has 1 rings (SSSR count). The van der Waals surface area contributed by atoms with Crippen molar-refractivity contribution in [2.75, 3.05) is 7.11 Å². The predicted octanol–water partition coefficient (Wildman–Crippen LogP) is 1.11. The van der Waals surface area contributed by atoms with Gasteiger partial charge in [0.1, 0.15) is 12.0 Å². The molecule has 0 saturated heterocycles. The molecule has 7 heteroatoms. The summed E-state index contributed by atoms with van der Waals surface area (Å²) in [5, 5.41) is 19.5. The van der Waals surface area contributed by atoms with E-state index in [0.717, 1.165) is 12.1 Å². The predicted molar refractivity (Wildman–Crippen MR) is 52.0 cm³/mol. The van der Waals surface area contributed by atoms with Crippen LogP contribution in [0.1, 0.15) is 20.7 Å². The van der Waals surface area contributed by atoms with Crippen LogP contribution in [0.5, 0.6) is 5.75 Å². The molecule has 0 radical (unpaired) electrons. The third-order valence-electron chi connectivity index (χ3n) is 1.87. The first-order valence-corrected chi connectivity index (χ1v) is 4.06. The molecular formula is C9H7NO6. The van der Waals surface area contributed by atoms with Gasteiger partial charge in [0.2, 0.25) is 0 Å². The molecule has 0 atom stereocenters. The zero-order chi connectivity index (χ0) is 12.3. The van der Waals surface area contributed by atoms with Crippen LogP contribution in [-0.2, 0) is 0 Å². The lowest BCUT2D eigenvalue weighted by molar-refractivity contribution is -0.385. The van der Waals surface area contributed by atoms with E-state index in [4.69, 9.17) is 9.84 Å². The molecule has 0 heterocycles. The highest BCUT2D eigenvalue weighted by atomic mass is 16.6. The number of carboxylic acids is 1. The van der Waals surface area contributed by atoms with Gasteiger partial charge in [-0.05, 0) is 6.07 Å². The Kier molecular flexibility index (Phi) is 3.19. The molecule has 0 aliphatic carbocycles. The first-order valence-electron chi connectivity index (χ1n) is 4.06. The Labute approximate surface area is 89.4 Å². The maximum Gasteiger partial charge on any atom is 0.346 e. The van der Waals surface area contributed by atoms with E-state index in [1.165, 1.54) is 7.11 Å². The topological polar surface area (TPSA) is 107 Å². The standard InChI is InChI=1S/C9H7NO6/c1-16-7-3-5(4-11)2-6(10(14)15)8(7)9(12)13/h2-4H,1H3,(H,12,13). The Morgan fingerprint density at radius 2 is 2.19 bits per heavy atom. The number of methoxy groups -OCH3 is 1. The lowest BCUT2D eigenvalue weighted by Gasteiger charge is -2.05. The van der Waals surface area contributed by atoms with Crippen molar-refractivity contribution in [2.24, 2.45) is 0 Å². The van der Waals surface area contributed by atoms with Crippen molar-refractivity contribution in [3.05, 3.63) is 33.4 Å². The van der Waals surface area contributed by atoms with Crippen molar-refractivity contribution in [1.29, 1.82) is 0 Å². The van der Waals surface area contributed by atoms with Gasteiger partial charge >= 0.3 is 5.97 Å². The van der Waals surface area contributed by atoms with E-state index in [1.54, 1.807) is 0 Å². The Balaban J connectivity index is 3.59. The number of aldehydes is 1. The number of hydrogen-bond donors (Lipinski definition) is 1. The van der Waals surface area contributed by atoms with Gasteiger partial charge in [-0.2, -0.15) is 0 Å². The highest BCUT2D eigenvalue weighted by Crippen LogP contribution is 2.29. The van der Waals surface area contributed by atoms with Gasteiger partial charge in [0.25, 0.3) is 5.69 Å². The normalized spacial score (nSPS) is 9.56. The minimum Gasteiger partial charge on any atom is -0.496 e. The van der Waals surface area contributed by atoms with Crippen LogP contribution in [0.15, 0.2) is 12.1 Å². The van der Waals surface area contributed by atoms with Gasteiger partial charge in [0, 0.05) is 11.6 Å². The summed E-state index contributed by atoms with van der Waals surface area (Å²) < 4.78 is 4.70. The van der Waals surface area contributed by atoms with Crippen molar-refractivity contribution < 1.29 is 24.4 Å². The second kappa shape index (κ2) is 4.39. The SMILES string of the molecule is COc1cc(C=O)cc([N+](=O)[O-])c1C(=O)O. The molecular weight excluding hydrogens is 218 g/mol. The van der Waals surface area contributed by atoms with Crippen LogP contribution in [-0.4, -0.2) is 29.4 Å². The third-order valence-corrected chi connectivity index (χ3v) is 1.87. The second-order valence-electron chi connectivity index (χ2n) is 2.80. The molecule has 0 unspecified atom stereocenters. The van der Waals surface area contributed by atoms with E-state index >= 15 is 0 Å². The molecule has 1 N–H and O–H groups in total. The number of rotatable bonds is 4. The Bertz CT molecular complexity index is 467. The quantitative estimate of drug-likeness (QED) is 0.467. The summed E-state index contributed by atoms with van der Waals surface area (Å²) in [5.41, 5.74) is -1.26. The molecule has 16 heavy (non-hydrogen) atoms. The highest BCUT2D eigenvalue weighted by molar-refractivity contribution is 5.97. The number of carbonyl (C=O) groups is 2. The van der Waals surface area contributed by atoms with Crippen LogP contribution in [0.2, 0.25) is 0 Å². The summed E-state index contributed by atoms with van der Waals surface area (Å²) in [6, 6.07) is 2.02. The Morgan fingerprint density at radius 1 is 1.56 bits per heavy atom. The summed E-state index contributed by atoms with van der Waals surface area (Å²) in [5.74, 6) is -1.70. The van der Waals surface area contributed by atoms with Gasteiger partial charge in [0.15, 0.2) is 5.56 Å². The largest absolute Gasteiger partial charge is 0.496 e. The molecule has 0 bridgehead atoms. The van der Waals surface area contributed by atoms with Gasteiger partial charge in [0.05, 0.1) is 12.0 Å². The van der Waals surface area contributed by atoms with E-state index in [0.29, 0.717) is 6.29 Å². The molecule has 0 amide bonds. The van der Waals surface area contributed by atoms with Crippen molar-refractivity contribution >= 4 is 17.9 Å². The summed E-state index contributed by atoms with van der Waals surface area (Å²) in [7, 11) is 1.17. The lowest BCUT2D eigenvalue weighted by Crippen LogP contribution is -2.06. The lowest BCUT2D eigenvalue weighted by atomic mass is 10.1. The molecule has 0 saturated carbocycles. The van der Waals surface area contributed by atoms with Crippen molar-refractivity contribution in [1.82, 2.24) is 0 Å². The molecule has 7 nitrogen and oxygen atoms in total.